The Morgan fingerprint density at radius 3 is 1.85 bits per heavy atom. The van der Waals surface area contributed by atoms with Gasteiger partial charge in [-0.1, -0.05) is 46.3 Å². The molecular formula is C55H86O26. The number of hydrogen-bond donors (Lipinski definition) is 14. The number of carbonyl (C=O) groups is 3. The van der Waals surface area contributed by atoms with Crippen LogP contribution in [0.25, 0.3) is 0 Å². The van der Waals surface area contributed by atoms with Gasteiger partial charge in [0.1, 0.15) is 84.8 Å². The molecule has 81 heavy (non-hydrogen) atoms. The summed E-state index contributed by atoms with van der Waals surface area (Å²) >= 11 is 0. The standard InChI is InChI=1S/C55H86O26/c1-21-40(75-22(2)58)36(66)38(68)44(74-21)79-42-32(62)26(60)20-73-47(42)81-49(72)55-14-13-50(3,4)15-24(55)23-9-10-29-51(5)16-25(59)43(54(8,48(70)71)30(51)11-12-52(29,6)53(23,7)17-31(55)61)80-46-39(69)41(34(64)28(19-57)77-46)78-45-37(67)35(65)33(63)27(18-56)76-45/h9,21,24-47,56-57,59-69H,10-20H2,1-8H3,(H,70,71). The van der Waals surface area contributed by atoms with E-state index >= 15 is 4.79 Å². The molecule has 26 nitrogen and oxygen atoms in total. The topological polar surface area (TPSA) is 418 Å². The Morgan fingerprint density at radius 2 is 1.22 bits per heavy atom. The quantitative estimate of drug-likeness (QED) is 0.0533. The summed E-state index contributed by atoms with van der Waals surface area (Å²) in [5.74, 6) is -4.61. The van der Waals surface area contributed by atoms with Crippen LogP contribution in [0.5, 0.6) is 0 Å². The van der Waals surface area contributed by atoms with Crippen molar-refractivity contribution in [1.29, 1.82) is 0 Å². The lowest BCUT2D eigenvalue weighted by molar-refractivity contribution is -0.373. The van der Waals surface area contributed by atoms with Crippen molar-refractivity contribution >= 4 is 17.9 Å². The Balaban J connectivity index is 0.982. The van der Waals surface area contributed by atoms with Crippen LogP contribution in [-0.4, -0.2) is 244 Å². The molecule has 9 rings (SSSR count). The maximum atomic E-state index is 15.3. The highest BCUT2D eigenvalue weighted by Gasteiger charge is 2.74. The SMILES string of the molecule is CC(=O)OC1C(C)OC(OC2C(OC(=O)C34CCC(C)(C)CC3C3=CCC5C6(C)CC(O)C(OC7OC(CO)C(O)C(OC8OC(CO)C(O)C(O)C8O)C7O)C(C)(C(=O)O)C6CCC5(C)C3(C)CC4O)OCC(O)C2O)C(O)C1O. The molecule has 0 amide bonds. The Morgan fingerprint density at radius 1 is 0.617 bits per heavy atom. The van der Waals surface area contributed by atoms with Gasteiger partial charge >= 0.3 is 17.9 Å². The Kier molecular flexibility index (Phi) is 17.5. The van der Waals surface area contributed by atoms with Gasteiger partial charge in [0.05, 0.1) is 43.5 Å². The summed E-state index contributed by atoms with van der Waals surface area (Å²) in [4.78, 5) is 41.0. The highest BCUT2D eigenvalue weighted by Crippen LogP contribution is 2.76. The van der Waals surface area contributed by atoms with Crippen molar-refractivity contribution in [3.8, 4) is 0 Å². The van der Waals surface area contributed by atoms with Crippen molar-refractivity contribution in [2.45, 2.75) is 242 Å². The molecule has 4 saturated carbocycles. The minimum atomic E-state index is -2.00. The summed E-state index contributed by atoms with van der Waals surface area (Å²) in [6, 6.07) is 0. The van der Waals surface area contributed by atoms with E-state index in [-0.39, 0.29) is 37.0 Å². The number of esters is 2. The molecule has 462 valence electrons. The van der Waals surface area contributed by atoms with Crippen LogP contribution in [0.15, 0.2) is 11.6 Å². The van der Waals surface area contributed by atoms with Crippen LogP contribution >= 0.6 is 0 Å². The molecule has 0 spiro atoms. The number of allylic oxidation sites excluding steroid dienone is 2. The molecule has 14 N–H and O–H groups in total. The van der Waals surface area contributed by atoms with Gasteiger partial charge in [0.2, 0.25) is 6.29 Å². The van der Waals surface area contributed by atoms with Crippen LogP contribution in [0.4, 0.5) is 0 Å². The number of fused-ring (bicyclic) bond motifs is 7. The van der Waals surface area contributed by atoms with Gasteiger partial charge in [0.15, 0.2) is 31.1 Å². The molecule has 0 aromatic rings. The molecule has 4 heterocycles. The van der Waals surface area contributed by atoms with Crippen molar-refractivity contribution in [3.05, 3.63) is 11.6 Å². The Hall–Kier alpha value is -2.65. The van der Waals surface area contributed by atoms with Crippen molar-refractivity contribution < 1.29 is 129 Å². The van der Waals surface area contributed by atoms with Crippen molar-refractivity contribution in [2.24, 2.45) is 50.2 Å². The second-order valence-electron chi connectivity index (χ2n) is 26.4. The zero-order valence-corrected chi connectivity index (χ0v) is 46.9. The van der Waals surface area contributed by atoms with Gasteiger partial charge < -0.3 is 114 Å². The summed E-state index contributed by atoms with van der Waals surface area (Å²) in [6.45, 7) is 12.2. The van der Waals surface area contributed by atoms with Crippen LogP contribution < -0.4 is 0 Å². The van der Waals surface area contributed by atoms with Gasteiger partial charge in [-0.25, -0.2) is 0 Å². The number of aliphatic hydroxyl groups excluding tert-OH is 13. The second-order valence-corrected chi connectivity index (χ2v) is 26.4. The molecule has 30 atom stereocenters. The van der Waals surface area contributed by atoms with E-state index in [0.717, 1.165) is 12.5 Å². The van der Waals surface area contributed by atoms with E-state index in [4.69, 9.17) is 42.6 Å². The number of hydrogen-bond acceptors (Lipinski definition) is 25. The van der Waals surface area contributed by atoms with E-state index in [1.807, 2.05) is 6.92 Å². The summed E-state index contributed by atoms with van der Waals surface area (Å²) in [5.41, 5.74) is -5.42. The van der Waals surface area contributed by atoms with Gasteiger partial charge in [-0.2, -0.15) is 0 Å². The highest BCUT2D eigenvalue weighted by atomic mass is 16.8. The minimum Gasteiger partial charge on any atom is -0.481 e. The molecule has 4 saturated heterocycles. The largest absolute Gasteiger partial charge is 0.481 e. The van der Waals surface area contributed by atoms with Gasteiger partial charge in [-0.3, -0.25) is 14.4 Å². The average molecular weight is 1160 g/mol. The second kappa shape index (κ2) is 22.6. The van der Waals surface area contributed by atoms with E-state index in [2.05, 4.69) is 33.8 Å². The van der Waals surface area contributed by atoms with Gasteiger partial charge in [0.25, 0.3) is 0 Å². The zero-order valence-electron chi connectivity index (χ0n) is 46.9. The van der Waals surface area contributed by atoms with E-state index in [9.17, 15) is 81.1 Å². The molecule has 0 radical (unpaired) electrons. The van der Waals surface area contributed by atoms with Crippen molar-refractivity contribution in [2.75, 3.05) is 19.8 Å². The first-order valence-electron chi connectivity index (χ1n) is 28.3. The smallest absolute Gasteiger partial charge is 0.317 e. The number of carboxylic acid groups (broad SMARTS) is 1. The third kappa shape index (κ3) is 10.1. The first-order chi connectivity index (χ1) is 37.8. The summed E-state index contributed by atoms with van der Waals surface area (Å²) in [7, 11) is 0. The maximum absolute atomic E-state index is 15.3. The van der Waals surface area contributed by atoms with Crippen LogP contribution in [0.1, 0.15) is 107 Å². The fourth-order valence-electron chi connectivity index (χ4n) is 16.7. The lowest BCUT2D eigenvalue weighted by atomic mass is 9.33. The van der Waals surface area contributed by atoms with Gasteiger partial charge in [0, 0.05) is 6.92 Å². The number of carboxylic acids is 1. The predicted molar refractivity (Wildman–Crippen MR) is 270 cm³/mol. The van der Waals surface area contributed by atoms with E-state index in [1.165, 1.54) is 13.8 Å². The third-order valence-corrected chi connectivity index (χ3v) is 21.4. The molecule has 0 aromatic carbocycles. The number of aliphatic carboxylic acids is 1. The Labute approximate surface area is 468 Å². The summed E-state index contributed by atoms with van der Waals surface area (Å²) in [6.07, 6.45) is -32.3. The van der Waals surface area contributed by atoms with E-state index in [1.54, 1.807) is 0 Å². The minimum absolute atomic E-state index is 0.0155. The molecule has 9 aliphatic rings. The maximum Gasteiger partial charge on any atom is 0.317 e. The third-order valence-electron chi connectivity index (χ3n) is 21.4. The van der Waals surface area contributed by atoms with Crippen molar-refractivity contribution in [3.63, 3.8) is 0 Å². The molecule has 4 aliphatic heterocycles. The molecule has 5 aliphatic carbocycles. The lowest BCUT2D eigenvalue weighted by Gasteiger charge is -2.71. The number of aliphatic hydroxyl groups is 13. The number of ether oxygens (including phenoxy) is 9. The van der Waals surface area contributed by atoms with Crippen molar-refractivity contribution in [1.82, 2.24) is 0 Å². The zero-order chi connectivity index (χ0) is 59.6. The van der Waals surface area contributed by atoms with Crippen LogP contribution in [0.2, 0.25) is 0 Å². The van der Waals surface area contributed by atoms with Crippen LogP contribution in [0.3, 0.4) is 0 Å². The fraction of sp³-hybridized carbons (Fsp3) is 0.909. The fourth-order valence-corrected chi connectivity index (χ4v) is 16.7. The summed E-state index contributed by atoms with van der Waals surface area (Å²) in [5, 5.41) is 155. The molecule has 26 heteroatoms. The Bertz CT molecular complexity index is 2340. The molecule has 8 fully saturated rings. The first kappa shape index (κ1) is 62.9. The average Bonchev–Trinajstić information content (AvgIpc) is 2.99. The molecular weight excluding hydrogens is 1080 g/mol. The molecule has 0 bridgehead atoms. The number of carbonyl (C=O) groups excluding carboxylic acids is 2. The van der Waals surface area contributed by atoms with Crippen LogP contribution in [-0.2, 0) is 57.0 Å². The lowest BCUT2D eigenvalue weighted by Crippen LogP contribution is -2.71. The molecule has 30 unspecified atom stereocenters. The monoisotopic (exact) mass is 1160 g/mol. The molecule has 0 aromatic heterocycles. The van der Waals surface area contributed by atoms with E-state index in [0.29, 0.717) is 25.7 Å². The number of rotatable bonds is 12. The predicted octanol–water partition coefficient (Wildman–Crippen LogP) is -2.79. The van der Waals surface area contributed by atoms with Crippen LogP contribution in [0, 0.1) is 50.2 Å². The highest BCUT2D eigenvalue weighted by molar-refractivity contribution is 5.80. The summed E-state index contributed by atoms with van der Waals surface area (Å²) < 4.78 is 52.4. The van der Waals surface area contributed by atoms with Gasteiger partial charge in [-0.15, -0.1) is 0 Å². The normalized spacial score (nSPS) is 53.3. The first-order valence-corrected chi connectivity index (χ1v) is 28.3. The van der Waals surface area contributed by atoms with E-state index < -0.39 is 212 Å². The van der Waals surface area contributed by atoms with Gasteiger partial charge in [-0.05, 0) is 105 Å².